The Labute approximate surface area is 116 Å². The lowest BCUT2D eigenvalue weighted by Gasteiger charge is -2.45. The molecule has 0 atom stereocenters. The third kappa shape index (κ3) is 3.83. The summed E-state index contributed by atoms with van der Waals surface area (Å²) in [5.41, 5.74) is 4.45. The molecule has 19 heavy (non-hydrogen) atoms. The van der Waals surface area contributed by atoms with Crippen molar-refractivity contribution in [1.82, 2.24) is 4.98 Å². The fraction of sp³-hybridized carbons (Fsp3) is 0.667. The van der Waals surface area contributed by atoms with E-state index in [2.05, 4.69) is 43.4 Å². The zero-order chi connectivity index (χ0) is 14.1. The largest absolute Gasteiger partial charge is 0.382 e. The maximum atomic E-state index is 5.40. The van der Waals surface area contributed by atoms with Crippen LogP contribution in [0.3, 0.4) is 0 Å². The quantitative estimate of drug-likeness (QED) is 0.577. The average molecular weight is 262 g/mol. The minimum Gasteiger partial charge on any atom is -0.382 e. The van der Waals surface area contributed by atoms with Gasteiger partial charge in [-0.25, -0.2) is 10.8 Å². The number of rotatable bonds is 3. The molecule has 4 N–H and O–H groups in total. The third-order valence-electron chi connectivity index (χ3n) is 3.83. The summed E-state index contributed by atoms with van der Waals surface area (Å²) in [5.74, 6) is 6.09. The molecule has 0 bridgehead atoms. The van der Waals surface area contributed by atoms with Crippen molar-refractivity contribution in [3.05, 3.63) is 18.3 Å². The number of hydrogen-bond acceptors (Lipinski definition) is 4. The Balaban J connectivity index is 2.09. The lowest BCUT2D eigenvalue weighted by Crippen LogP contribution is -2.40. The van der Waals surface area contributed by atoms with Crippen molar-refractivity contribution >= 4 is 11.5 Å². The normalized spacial score (nSPS) is 21.9. The highest BCUT2D eigenvalue weighted by atomic mass is 15.2. The molecule has 0 aliphatic heterocycles. The first-order valence-electron chi connectivity index (χ1n) is 6.99. The summed E-state index contributed by atoms with van der Waals surface area (Å²) >= 11 is 0. The van der Waals surface area contributed by atoms with Crippen LogP contribution in [0.15, 0.2) is 18.3 Å². The zero-order valence-electron chi connectivity index (χ0n) is 12.5. The molecule has 4 heteroatoms. The van der Waals surface area contributed by atoms with Crippen molar-refractivity contribution in [3.63, 3.8) is 0 Å². The van der Waals surface area contributed by atoms with Crippen molar-refractivity contribution in [2.75, 3.05) is 10.7 Å². The van der Waals surface area contributed by atoms with Gasteiger partial charge in [0.05, 0.1) is 0 Å². The van der Waals surface area contributed by atoms with Gasteiger partial charge in [-0.15, -0.1) is 0 Å². The van der Waals surface area contributed by atoms with Crippen LogP contribution in [0.25, 0.3) is 0 Å². The number of nitrogens with two attached hydrogens (primary N) is 1. The highest BCUT2D eigenvalue weighted by molar-refractivity contribution is 5.51. The second kappa shape index (κ2) is 5.00. The molecule has 1 aromatic heterocycles. The van der Waals surface area contributed by atoms with E-state index in [-0.39, 0.29) is 0 Å². The van der Waals surface area contributed by atoms with Crippen LogP contribution < -0.4 is 16.6 Å². The van der Waals surface area contributed by atoms with Crippen LogP contribution in [-0.4, -0.2) is 11.0 Å². The Morgan fingerprint density at radius 2 is 1.84 bits per heavy atom. The van der Waals surface area contributed by atoms with E-state index in [9.17, 15) is 0 Å². The molecule has 1 aliphatic carbocycles. The summed E-state index contributed by atoms with van der Waals surface area (Å²) < 4.78 is 0. The lowest BCUT2D eigenvalue weighted by atomic mass is 9.63. The first-order chi connectivity index (χ1) is 8.80. The Morgan fingerprint density at radius 3 is 2.42 bits per heavy atom. The van der Waals surface area contributed by atoms with Crippen LogP contribution >= 0.6 is 0 Å². The van der Waals surface area contributed by atoms with Crippen LogP contribution in [0.5, 0.6) is 0 Å². The number of aromatic nitrogens is 1. The zero-order valence-corrected chi connectivity index (χ0v) is 12.5. The fourth-order valence-corrected chi connectivity index (χ4v) is 3.78. The SMILES string of the molecule is CC1(C)CC(Nc2ccnc(NN)c2)CC(C)(C)C1. The van der Waals surface area contributed by atoms with Gasteiger partial charge in [-0.2, -0.15) is 0 Å². The van der Waals surface area contributed by atoms with Gasteiger partial charge in [-0.05, 0) is 36.2 Å². The van der Waals surface area contributed by atoms with Crippen molar-refractivity contribution in [1.29, 1.82) is 0 Å². The predicted octanol–water partition coefficient (Wildman–Crippen LogP) is 3.38. The van der Waals surface area contributed by atoms with Crippen LogP contribution in [0.1, 0.15) is 47.0 Å². The molecule has 0 unspecified atom stereocenters. The molecular weight excluding hydrogens is 236 g/mol. The standard InChI is InChI=1S/C15H26N4/c1-14(2)8-12(9-15(3,4)10-14)18-11-5-6-17-13(7-11)19-16/h5-7,12H,8-10,16H2,1-4H3,(H2,17,18,19). The summed E-state index contributed by atoms with van der Waals surface area (Å²) in [7, 11) is 0. The van der Waals surface area contributed by atoms with Crippen LogP contribution in [0, 0.1) is 10.8 Å². The van der Waals surface area contributed by atoms with Gasteiger partial charge in [-0.1, -0.05) is 27.7 Å². The highest BCUT2D eigenvalue weighted by Gasteiger charge is 2.38. The molecule has 1 aromatic rings. The molecule has 1 heterocycles. The van der Waals surface area contributed by atoms with Crippen LogP contribution in [0.4, 0.5) is 11.5 Å². The molecule has 1 fully saturated rings. The van der Waals surface area contributed by atoms with Gasteiger partial charge in [0.1, 0.15) is 5.82 Å². The minimum absolute atomic E-state index is 0.390. The molecule has 0 spiro atoms. The summed E-state index contributed by atoms with van der Waals surface area (Å²) in [5, 5.41) is 3.63. The van der Waals surface area contributed by atoms with E-state index in [0.29, 0.717) is 22.7 Å². The third-order valence-corrected chi connectivity index (χ3v) is 3.83. The number of anilines is 2. The average Bonchev–Trinajstić information content (AvgIpc) is 2.24. The number of hydrogen-bond donors (Lipinski definition) is 3. The molecule has 4 nitrogen and oxygen atoms in total. The van der Waals surface area contributed by atoms with Crippen molar-refractivity contribution in [2.45, 2.75) is 53.0 Å². The predicted molar refractivity (Wildman–Crippen MR) is 80.9 cm³/mol. The van der Waals surface area contributed by atoms with Gasteiger partial charge in [0.2, 0.25) is 0 Å². The second-order valence-corrected chi connectivity index (χ2v) is 7.33. The van der Waals surface area contributed by atoms with Crippen LogP contribution in [0.2, 0.25) is 0 Å². The Kier molecular flexibility index (Phi) is 3.72. The molecule has 0 saturated heterocycles. The molecular formula is C15H26N4. The maximum absolute atomic E-state index is 5.40. The monoisotopic (exact) mass is 262 g/mol. The van der Waals surface area contributed by atoms with E-state index in [1.807, 2.05) is 12.1 Å². The molecule has 1 aliphatic rings. The summed E-state index contributed by atoms with van der Waals surface area (Å²) in [6, 6.07) is 4.45. The minimum atomic E-state index is 0.390. The molecule has 0 amide bonds. The molecule has 0 radical (unpaired) electrons. The molecule has 1 saturated carbocycles. The Morgan fingerprint density at radius 1 is 1.21 bits per heavy atom. The van der Waals surface area contributed by atoms with Gasteiger partial charge in [-0.3, -0.25) is 0 Å². The highest BCUT2D eigenvalue weighted by Crippen LogP contribution is 2.46. The van der Waals surface area contributed by atoms with E-state index in [0.717, 1.165) is 5.69 Å². The number of hydrazine groups is 1. The van der Waals surface area contributed by atoms with E-state index in [4.69, 9.17) is 5.84 Å². The molecule has 0 aromatic carbocycles. The number of pyridine rings is 1. The Bertz CT molecular complexity index is 424. The van der Waals surface area contributed by atoms with Gasteiger partial charge in [0.25, 0.3) is 0 Å². The van der Waals surface area contributed by atoms with E-state index >= 15 is 0 Å². The summed E-state index contributed by atoms with van der Waals surface area (Å²) in [4.78, 5) is 4.13. The number of nitrogen functional groups attached to an aromatic ring is 1. The van der Waals surface area contributed by atoms with Gasteiger partial charge < -0.3 is 10.7 Å². The number of nitrogens with zero attached hydrogens (tertiary/aromatic N) is 1. The first kappa shape index (κ1) is 14.1. The van der Waals surface area contributed by atoms with Crippen LogP contribution in [-0.2, 0) is 0 Å². The number of nitrogens with one attached hydrogen (secondary N) is 2. The van der Waals surface area contributed by atoms with Crippen molar-refractivity contribution in [3.8, 4) is 0 Å². The Hall–Kier alpha value is -1.29. The topological polar surface area (TPSA) is 63.0 Å². The van der Waals surface area contributed by atoms with Gasteiger partial charge >= 0.3 is 0 Å². The van der Waals surface area contributed by atoms with E-state index in [1.165, 1.54) is 19.3 Å². The summed E-state index contributed by atoms with van der Waals surface area (Å²) in [6.45, 7) is 9.45. The lowest BCUT2D eigenvalue weighted by molar-refractivity contribution is 0.105. The molecule has 2 rings (SSSR count). The summed E-state index contributed by atoms with van der Waals surface area (Å²) in [6.07, 6.45) is 5.45. The smallest absolute Gasteiger partial charge is 0.141 e. The second-order valence-electron chi connectivity index (χ2n) is 7.33. The van der Waals surface area contributed by atoms with Gasteiger partial charge in [0, 0.05) is 24.0 Å². The fourth-order valence-electron chi connectivity index (χ4n) is 3.78. The maximum Gasteiger partial charge on any atom is 0.141 e. The van der Waals surface area contributed by atoms with Crippen molar-refractivity contribution in [2.24, 2.45) is 16.7 Å². The van der Waals surface area contributed by atoms with E-state index in [1.54, 1.807) is 6.20 Å². The van der Waals surface area contributed by atoms with Gasteiger partial charge in [0.15, 0.2) is 0 Å². The van der Waals surface area contributed by atoms with Crippen molar-refractivity contribution < 1.29 is 0 Å². The first-order valence-corrected chi connectivity index (χ1v) is 6.99. The molecule has 106 valence electrons. The van der Waals surface area contributed by atoms with E-state index < -0.39 is 0 Å².